The van der Waals surface area contributed by atoms with E-state index in [1.54, 1.807) is 0 Å². The summed E-state index contributed by atoms with van der Waals surface area (Å²) in [6, 6.07) is 13.5. The van der Waals surface area contributed by atoms with Crippen molar-refractivity contribution in [3.8, 4) is 11.5 Å². The Hall–Kier alpha value is -1.16. The molecule has 2 aromatic rings. The summed E-state index contributed by atoms with van der Waals surface area (Å²) in [5, 5.41) is 0. The second-order valence-corrected chi connectivity index (χ2v) is 22.4. The molecule has 0 radical (unpaired) electrons. The number of benzene rings is 2. The molecule has 43 heavy (non-hydrogen) atoms. The molecule has 2 aromatic carbocycles. The van der Waals surface area contributed by atoms with E-state index in [0.717, 1.165) is 33.2 Å². The first-order chi connectivity index (χ1) is 21.0. The Bertz CT molecular complexity index is 905. The topological polar surface area (TPSA) is 18.5 Å². The van der Waals surface area contributed by atoms with Crippen LogP contribution in [0.1, 0.15) is 166 Å². The fourth-order valence-electron chi connectivity index (χ4n) is 6.39. The Morgan fingerprint density at radius 1 is 0.442 bits per heavy atom. The maximum atomic E-state index is 7.51. The summed E-state index contributed by atoms with van der Waals surface area (Å²) in [7, 11) is 0. The van der Waals surface area contributed by atoms with E-state index in [1.807, 2.05) is 0 Å². The molecule has 0 aliphatic rings. The van der Waals surface area contributed by atoms with Gasteiger partial charge in [0.2, 0.25) is 0 Å². The Kier molecular flexibility index (Phi) is 20.5. The molecule has 0 saturated carbocycles. The molecule has 0 heterocycles. The molecule has 0 atom stereocenters. The molecule has 0 aromatic heterocycles. The summed E-state index contributed by atoms with van der Waals surface area (Å²) in [6.07, 6.45) is 25.5. The number of unbranched alkanes of at least 4 members (excludes halogenated alkanes) is 14. The molecule has 0 N–H and O–H groups in total. The van der Waals surface area contributed by atoms with Gasteiger partial charge in [-0.1, -0.05) is 0 Å². The zero-order valence-corrected chi connectivity index (χ0v) is 32.2. The van der Waals surface area contributed by atoms with Gasteiger partial charge in [-0.25, -0.2) is 0 Å². The molecule has 244 valence electrons. The molecule has 0 saturated heterocycles. The van der Waals surface area contributed by atoms with E-state index in [2.05, 4.69) is 77.9 Å². The van der Waals surface area contributed by atoms with Gasteiger partial charge >= 0.3 is 274 Å². The number of hydrogen-bond acceptors (Lipinski definition) is 2. The van der Waals surface area contributed by atoms with Gasteiger partial charge in [0.25, 0.3) is 0 Å². The second kappa shape index (κ2) is 23.2. The summed E-state index contributed by atoms with van der Waals surface area (Å²) in [5.74, 6) is 2.29. The molecule has 0 aliphatic carbocycles. The number of aryl methyl sites for hydroxylation is 2. The van der Waals surface area contributed by atoms with Crippen LogP contribution in [0.15, 0.2) is 36.4 Å². The number of rotatable bonds is 26. The van der Waals surface area contributed by atoms with Gasteiger partial charge in [-0.3, -0.25) is 0 Å². The van der Waals surface area contributed by atoms with Crippen LogP contribution in [0.5, 0.6) is 11.5 Å². The van der Waals surface area contributed by atoms with Crippen molar-refractivity contribution < 1.29 is 6.15 Å². The van der Waals surface area contributed by atoms with Crippen molar-refractivity contribution in [2.24, 2.45) is 0 Å². The van der Waals surface area contributed by atoms with Crippen molar-refractivity contribution in [2.75, 3.05) is 0 Å². The van der Waals surface area contributed by atoms with Crippen LogP contribution in [0.25, 0.3) is 0 Å². The first-order valence-electron chi connectivity index (χ1n) is 18.5. The van der Waals surface area contributed by atoms with Gasteiger partial charge in [-0.15, -0.1) is 0 Å². The Morgan fingerprint density at radius 2 is 0.791 bits per heavy atom. The van der Waals surface area contributed by atoms with E-state index in [1.165, 1.54) is 138 Å². The van der Waals surface area contributed by atoms with Gasteiger partial charge in [0.15, 0.2) is 0 Å². The van der Waals surface area contributed by atoms with Crippen molar-refractivity contribution in [3.05, 3.63) is 58.7 Å². The summed E-state index contributed by atoms with van der Waals surface area (Å²) >= 11 is -3.63. The Balaban J connectivity index is 2.46. The summed E-state index contributed by atoms with van der Waals surface area (Å²) in [4.78, 5) is 0. The van der Waals surface area contributed by atoms with Crippen LogP contribution in [0, 0.1) is 13.8 Å². The van der Waals surface area contributed by atoms with Gasteiger partial charge in [0.1, 0.15) is 0 Å². The van der Waals surface area contributed by atoms with Crippen molar-refractivity contribution in [3.63, 3.8) is 0 Å². The van der Waals surface area contributed by atoms with Crippen LogP contribution < -0.4 is 6.15 Å². The molecule has 0 bridgehead atoms. The molecule has 0 spiro atoms. The minimum atomic E-state index is -3.63. The zero-order chi connectivity index (χ0) is 31.2. The monoisotopic (exact) mass is 700 g/mol. The van der Waals surface area contributed by atoms with Gasteiger partial charge in [0.05, 0.1) is 0 Å². The predicted molar refractivity (Wildman–Crippen MR) is 192 cm³/mol. The molecule has 2 rings (SSSR count). The van der Waals surface area contributed by atoms with Gasteiger partial charge in [-0.2, -0.15) is 0 Å². The summed E-state index contributed by atoms with van der Waals surface area (Å²) < 4.78 is 17.3. The molecule has 0 amide bonds. The average Bonchev–Trinajstić information content (AvgIpc) is 2.99. The second-order valence-electron chi connectivity index (χ2n) is 13.2. The molecule has 3 heteroatoms. The molecule has 0 unspecified atom stereocenters. The Morgan fingerprint density at radius 3 is 1.19 bits per heavy atom. The molecular formula is C40H68O2Sn. The van der Waals surface area contributed by atoms with E-state index in [-0.39, 0.29) is 0 Å². The van der Waals surface area contributed by atoms with Crippen molar-refractivity contribution in [1.82, 2.24) is 0 Å². The molecule has 2 nitrogen and oxygen atoms in total. The van der Waals surface area contributed by atoms with E-state index in [9.17, 15) is 0 Å². The van der Waals surface area contributed by atoms with Crippen LogP contribution in [0.4, 0.5) is 0 Å². The fourth-order valence-corrected chi connectivity index (χ4v) is 16.3. The third-order valence-electron chi connectivity index (χ3n) is 9.21. The van der Waals surface area contributed by atoms with Crippen LogP contribution >= 0.6 is 0 Å². The first-order valence-corrected chi connectivity index (χ1v) is 24.9. The quantitative estimate of drug-likeness (QED) is 0.0719. The van der Waals surface area contributed by atoms with Crippen molar-refractivity contribution in [1.29, 1.82) is 0 Å². The molecule has 0 aliphatic heterocycles. The number of hydrogen-bond donors (Lipinski definition) is 0. The zero-order valence-electron chi connectivity index (χ0n) is 29.3. The van der Waals surface area contributed by atoms with E-state index >= 15 is 0 Å². The predicted octanol–water partition coefficient (Wildman–Crippen LogP) is 13.4. The van der Waals surface area contributed by atoms with Crippen LogP contribution in [0.3, 0.4) is 0 Å². The fraction of sp³-hybridized carbons (Fsp3) is 0.700. The first kappa shape index (κ1) is 38.0. The molecule has 0 fully saturated rings. The third kappa shape index (κ3) is 14.7. The van der Waals surface area contributed by atoms with Crippen LogP contribution in [0.2, 0.25) is 8.87 Å². The summed E-state index contributed by atoms with van der Waals surface area (Å²) in [6.45, 7) is 13.8. The van der Waals surface area contributed by atoms with Gasteiger partial charge in [0, 0.05) is 0 Å². The van der Waals surface area contributed by atoms with Crippen molar-refractivity contribution in [2.45, 2.75) is 179 Å². The van der Waals surface area contributed by atoms with Crippen LogP contribution in [-0.2, 0) is 12.8 Å². The summed E-state index contributed by atoms with van der Waals surface area (Å²) in [5.41, 5.74) is 5.62. The van der Waals surface area contributed by atoms with Crippen molar-refractivity contribution >= 4 is 19.2 Å². The normalized spacial score (nSPS) is 11.7. The third-order valence-corrected chi connectivity index (χ3v) is 19.0. The van der Waals surface area contributed by atoms with E-state index in [0.29, 0.717) is 0 Å². The SMILES string of the molecule is CCCCCCC[CH2][Sn]([CH2]CCCCCCC)([O]c1cccc(C)c1CCCCC)[O]c1cccc(C)c1CCCCC. The Labute approximate surface area is 273 Å². The standard InChI is InChI=1S/2C12H18O.2C8H17.Sn/c2*1-3-4-5-8-11-10(2)7-6-9-12(11)13;2*1-3-5-7-8-6-4-2;/h2*6-7,9,13H,3-5,8H2,1-2H3;2*1,3-8H2,2H3;/q;;;;+2/p-2. The van der Waals surface area contributed by atoms with Gasteiger partial charge in [-0.05, 0) is 0 Å². The minimum absolute atomic E-state index is 1.11. The van der Waals surface area contributed by atoms with Crippen LogP contribution in [-0.4, -0.2) is 19.2 Å². The van der Waals surface area contributed by atoms with Gasteiger partial charge < -0.3 is 0 Å². The van der Waals surface area contributed by atoms with E-state index < -0.39 is 19.2 Å². The molecular weight excluding hydrogens is 631 g/mol. The van der Waals surface area contributed by atoms with E-state index in [4.69, 9.17) is 6.15 Å². The average molecular weight is 700 g/mol. The maximum absolute atomic E-state index is 7.51.